The van der Waals surface area contributed by atoms with Gasteiger partial charge in [0.05, 0.1) is 5.02 Å². The highest BCUT2D eigenvalue weighted by Crippen LogP contribution is 2.33. The van der Waals surface area contributed by atoms with Crippen LogP contribution >= 0.6 is 23.2 Å². The Morgan fingerprint density at radius 2 is 1.65 bits per heavy atom. The average molecular weight is 468 g/mol. The van der Waals surface area contributed by atoms with Crippen LogP contribution in [-0.2, 0) is 14.3 Å². The summed E-state index contributed by atoms with van der Waals surface area (Å²) in [5.74, 6) is -0.215. The van der Waals surface area contributed by atoms with Crippen molar-refractivity contribution >= 4 is 35.3 Å². The zero-order valence-electron chi connectivity index (χ0n) is 18.1. The first-order valence-corrected chi connectivity index (χ1v) is 10.6. The summed E-state index contributed by atoms with van der Waals surface area (Å²) in [6, 6.07) is 13.3. The van der Waals surface area contributed by atoms with Gasteiger partial charge in [-0.2, -0.15) is 0 Å². The maximum atomic E-state index is 12.6. The molecule has 0 saturated heterocycles. The fraction of sp³-hybridized carbons (Fsp3) is 0.391. The number of ether oxygens (including phenoxy) is 3. The van der Waals surface area contributed by atoms with Crippen LogP contribution in [0.1, 0.15) is 46.3 Å². The zero-order chi connectivity index (χ0) is 23.2. The number of halogens is 2. The third-order valence-electron chi connectivity index (χ3n) is 4.09. The molecule has 0 aliphatic rings. The molecular weight excluding hydrogens is 441 g/mol. The van der Waals surface area contributed by atoms with Crippen molar-refractivity contribution in [2.75, 3.05) is 0 Å². The van der Waals surface area contributed by atoms with Gasteiger partial charge in [-0.15, -0.1) is 0 Å². The lowest BCUT2D eigenvalue weighted by Gasteiger charge is -2.27. The van der Waals surface area contributed by atoms with E-state index in [-0.39, 0.29) is 0 Å². The predicted molar refractivity (Wildman–Crippen MR) is 121 cm³/mol. The molecule has 0 heterocycles. The van der Waals surface area contributed by atoms with E-state index in [1.165, 1.54) is 6.92 Å². The van der Waals surface area contributed by atoms with Gasteiger partial charge in [0.25, 0.3) is 0 Å². The first-order valence-electron chi connectivity index (χ1n) is 9.83. The molecule has 3 atom stereocenters. The highest BCUT2D eigenvalue weighted by molar-refractivity contribution is 6.35. The van der Waals surface area contributed by atoms with E-state index in [2.05, 4.69) is 5.32 Å². The van der Waals surface area contributed by atoms with E-state index >= 15 is 0 Å². The molecule has 0 saturated carbocycles. The van der Waals surface area contributed by atoms with Gasteiger partial charge in [0.1, 0.15) is 23.5 Å². The van der Waals surface area contributed by atoms with Crippen LogP contribution in [-0.4, -0.2) is 29.8 Å². The van der Waals surface area contributed by atoms with E-state index in [1.54, 1.807) is 45.9 Å². The summed E-state index contributed by atoms with van der Waals surface area (Å²) in [5, 5.41) is 3.29. The van der Waals surface area contributed by atoms with E-state index < -0.39 is 35.9 Å². The molecule has 2 rings (SSSR count). The Morgan fingerprint density at radius 3 is 2.23 bits per heavy atom. The quantitative estimate of drug-likeness (QED) is 0.508. The number of esters is 1. The number of carbonyl (C=O) groups excluding carboxylic acids is 2. The monoisotopic (exact) mass is 467 g/mol. The lowest BCUT2D eigenvalue weighted by molar-refractivity contribution is -0.155. The van der Waals surface area contributed by atoms with Gasteiger partial charge in [0.2, 0.25) is 0 Å². The summed E-state index contributed by atoms with van der Waals surface area (Å²) in [6.07, 6.45) is -2.03. The minimum Gasteiger partial charge on any atom is -0.480 e. The lowest BCUT2D eigenvalue weighted by atomic mass is 10.0. The second-order valence-corrected chi connectivity index (χ2v) is 8.88. The number of amides is 1. The second-order valence-electron chi connectivity index (χ2n) is 8.03. The molecule has 0 aliphatic heterocycles. The molecule has 2 aromatic rings. The van der Waals surface area contributed by atoms with Gasteiger partial charge in [-0.1, -0.05) is 53.5 Å². The first kappa shape index (κ1) is 24.8. The van der Waals surface area contributed by atoms with E-state index in [0.29, 0.717) is 15.8 Å². The third kappa shape index (κ3) is 7.96. The van der Waals surface area contributed by atoms with E-state index in [1.807, 2.05) is 30.3 Å². The Labute approximate surface area is 192 Å². The van der Waals surface area contributed by atoms with Crippen molar-refractivity contribution in [1.29, 1.82) is 0 Å². The molecule has 0 aliphatic carbocycles. The van der Waals surface area contributed by atoms with Crippen LogP contribution in [0.3, 0.4) is 0 Å². The summed E-state index contributed by atoms with van der Waals surface area (Å²) in [5.41, 5.74) is 0.118. The molecular formula is C23H27Cl2NO5. The summed E-state index contributed by atoms with van der Waals surface area (Å²) < 4.78 is 16.9. The molecule has 0 aromatic heterocycles. The number of benzene rings is 2. The zero-order valence-corrected chi connectivity index (χ0v) is 19.7. The van der Waals surface area contributed by atoms with Crippen molar-refractivity contribution in [2.45, 2.75) is 58.5 Å². The van der Waals surface area contributed by atoms with E-state index in [0.717, 1.165) is 5.56 Å². The van der Waals surface area contributed by atoms with Crippen LogP contribution in [0.4, 0.5) is 4.79 Å². The van der Waals surface area contributed by atoms with Gasteiger partial charge in [-0.25, -0.2) is 9.59 Å². The smallest absolute Gasteiger partial charge is 0.408 e. The maximum absolute atomic E-state index is 12.6. The number of nitrogens with one attached hydrogen (secondary N) is 1. The van der Waals surface area contributed by atoms with Crippen molar-refractivity contribution in [3.63, 3.8) is 0 Å². The third-order valence-corrected chi connectivity index (χ3v) is 4.62. The molecule has 31 heavy (non-hydrogen) atoms. The number of hydrogen-bond acceptors (Lipinski definition) is 5. The van der Waals surface area contributed by atoms with Crippen molar-refractivity contribution in [1.82, 2.24) is 5.32 Å². The summed E-state index contributed by atoms with van der Waals surface area (Å²) in [7, 11) is 0. The number of alkyl carbamates (subject to hydrolysis) is 1. The largest absolute Gasteiger partial charge is 0.480 e. The van der Waals surface area contributed by atoms with E-state index in [9.17, 15) is 9.59 Å². The lowest BCUT2D eigenvalue weighted by Crippen LogP contribution is -2.43. The Bertz CT molecular complexity index is 899. The van der Waals surface area contributed by atoms with Gasteiger partial charge < -0.3 is 19.5 Å². The number of rotatable bonds is 7. The van der Waals surface area contributed by atoms with Gasteiger partial charge in [-0.3, -0.25) is 0 Å². The first-order chi connectivity index (χ1) is 14.5. The SMILES string of the molecule is C[C@H](NC(=O)OC(C)(C)C)C(=O)O[C@@H](C)[C@H](Oc1ccc(Cl)cc1Cl)c1ccccc1. The topological polar surface area (TPSA) is 73.9 Å². The highest BCUT2D eigenvalue weighted by atomic mass is 35.5. The Balaban J connectivity index is 2.13. The van der Waals surface area contributed by atoms with Crippen LogP contribution < -0.4 is 10.1 Å². The van der Waals surface area contributed by atoms with E-state index in [4.69, 9.17) is 37.4 Å². The van der Waals surface area contributed by atoms with Crippen molar-refractivity contribution in [2.24, 2.45) is 0 Å². The van der Waals surface area contributed by atoms with Crippen LogP contribution in [0.15, 0.2) is 48.5 Å². The standard InChI is InChI=1S/C23H27Cl2NO5/c1-14(26-22(28)31-23(3,4)5)21(27)29-15(2)20(16-9-7-6-8-10-16)30-19-12-11-17(24)13-18(19)25/h6-15,20H,1-5H3,(H,26,28)/t14-,15-,20-/m0/s1. The molecule has 2 aromatic carbocycles. The number of carbonyl (C=O) groups is 2. The second kappa shape index (κ2) is 10.7. The van der Waals surface area contributed by atoms with Crippen molar-refractivity contribution in [3.8, 4) is 5.75 Å². The van der Waals surface area contributed by atoms with Crippen molar-refractivity contribution < 1.29 is 23.8 Å². The number of hydrogen-bond donors (Lipinski definition) is 1. The summed E-state index contributed by atoms with van der Waals surface area (Å²) >= 11 is 12.2. The van der Waals surface area contributed by atoms with Gasteiger partial charge in [-0.05, 0) is 58.4 Å². The summed E-state index contributed by atoms with van der Waals surface area (Å²) in [6.45, 7) is 8.44. The molecule has 0 unspecified atom stereocenters. The molecule has 0 spiro atoms. The van der Waals surface area contributed by atoms with Crippen LogP contribution in [0.2, 0.25) is 10.0 Å². The van der Waals surface area contributed by atoms with Crippen LogP contribution in [0, 0.1) is 0 Å². The van der Waals surface area contributed by atoms with Crippen LogP contribution in [0.25, 0.3) is 0 Å². The van der Waals surface area contributed by atoms with Gasteiger partial charge >= 0.3 is 12.1 Å². The fourth-order valence-electron chi connectivity index (χ4n) is 2.68. The molecule has 0 radical (unpaired) electrons. The summed E-state index contributed by atoms with van der Waals surface area (Å²) in [4.78, 5) is 24.5. The Morgan fingerprint density at radius 1 is 1.00 bits per heavy atom. The molecule has 6 nitrogen and oxygen atoms in total. The van der Waals surface area contributed by atoms with Crippen molar-refractivity contribution in [3.05, 3.63) is 64.1 Å². The minimum atomic E-state index is -0.909. The minimum absolute atomic E-state index is 0.340. The van der Waals surface area contributed by atoms with Gasteiger partial charge in [0.15, 0.2) is 6.10 Å². The molecule has 1 N–H and O–H groups in total. The molecule has 1 amide bonds. The Hall–Kier alpha value is -2.44. The normalized spacial score (nSPS) is 14.2. The molecule has 0 bridgehead atoms. The Kier molecular flexibility index (Phi) is 8.60. The predicted octanol–water partition coefficient (Wildman–Crippen LogP) is 5.96. The molecule has 0 fully saturated rings. The average Bonchev–Trinajstić information content (AvgIpc) is 2.66. The highest BCUT2D eigenvalue weighted by Gasteiger charge is 2.29. The molecule has 8 heteroatoms. The van der Waals surface area contributed by atoms with Crippen LogP contribution in [0.5, 0.6) is 5.75 Å². The molecule has 168 valence electrons. The maximum Gasteiger partial charge on any atom is 0.408 e. The van der Waals surface area contributed by atoms with Gasteiger partial charge in [0, 0.05) is 5.02 Å². The fourth-order valence-corrected chi connectivity index (χ4v) is 3.13.